The first-order valence-corrected chi connectivity index (χ1v) is 13.1. The van der Waals surface area contributed by atoms with E-state index < -0.39 is 15.8 Å². The van der Waals surface area contributed by atoms with Gasteiger partial charge in [-0.2, -0.15) is 0 Å². The van der Waals surface area contributed by atoms with Crippen LogP contribution in [-0.4, -0.2) is 56.8 Å². The molecule has 0 bridgehead atoms. The van der Waals surface area contributed by atoms with E-state index in [2.05, 4.69) is 5.32 Å². The number of carbonyl (C=O) groups excluding carboxylic acids is 3. The fraction of sp³-hybridized carbons (Fsp3) is 0.400. The summed E-state index contributed by atoms with van der Waals surface area (Å²) in [6.45, 7) is 3.29. The van der Waals surface area contributed by atoms with Crippen LogP contribution in [0.3, 0.4) is 0 Å². The van der Waals surface area contributed by atoms with Crippen molar-refractivity contribution in [1.29, 1.82) is 0 Å². The van der Waals surface area contributed by atoms with Gasteiger partial charge in [-0.05, 0) is 43.9 Å². The fourth-order valence-electron chi connectivity index (χ4n) is 4.62. The highest BCUT2D eigenvalue weighted by atomic mass is 32.2. The first-order chi connectivity index (χ1) is 15.6. The second kappa shape index (κ2) is 9.09. The molecule has 8 heteroatoms. The van der Waals surface area contributed by atoms with Crippen LogP contribution < -0.4 is 5.32 Å². The van der Waals surface area contributed by atoms with Gasteiger partial charge in [0.25, 0.3) is 5.91 Å². The van der Waals surface area contributed by atoms with Gasteiger partial charge in [-0.1, -0.05) is 35.9 Å². The summed E-state index contributed by atoms with van der Waals surface area (Å²) >= 11 is 0. The van der Waals surface area contributed by atoms with Crippen LogP contribution >= 0.6 is 0 Å². The van der Waals surface area contributed by atoms with Crippen LogP contribution in [0.15, 0.2) is 47.4 Å². The first kappa shape index (κ1) is 23.2. The summed E-state index contributed by atoms with van der Waals surface area (Å²) in [7, 11) is -3.68. The topological polar surface area (TPSA) is 101 Å². The lowest BCUT2D eigenvalue weighted by Gasteiger charge is -2.32. The number of hydrogen-bond acceptors (Lipinski definition) is 5. The molecule has 1 atom stereocenters. The molecule has 2 aliphatic rings. The van der Waals surface area contributed by atoms with E-state index >= 15 is 0 Å². The van der Waals surface area contributed by atoms with E-state index in [4.69, 9.17) is 0 Å². The van der Waals surface area contributed by atoms with Crippen LogP contribution in [0, 0.1) is 12.8 Å². The number of Topliss-reactive ketones (excluding diaryl/α,β-unsaturated/α-hetero) is 1. The number of rotatable bonds is 5. The molecule has 0 spiro atoms. The zero-order valence-electron chi connectivity index (χ0n) is 18.8. The third-order valence-corrected chi connectivity index (χ3v) is 7.71. The number of nitrogens with zero attached hydrogens (tertiary/aromatic N) is 1. The Bertz CT molecular complexity index is 1200. The molecule has 7 nitrogen and oxygen atoms in total. The Kier molecular flexibility index (Phi) is 6.38. The lowest BCUT2D eigenvalue weighted by atomic mass is 9.88. The van der Waals surface area contributed by atoms with E-state index in [1.165, 1.54) is 12.1 Å². The number of nitrogens with one attached hydrogen (secondary N) is 1. The van der Waals surface area contributed by atoms with E-state index in [1.807, 2.05) is 31.2 Å². The molecule has 174 valence electrons. The van der Waals surface area contributed by atoms with E-state index in [9.17, 15) is 22.8 Å². The van der Waals surface area contributed by atoms with Crippen molar-refractivity contribution < 1.29 is 22.8 Å². The summed E-state index contributed by atoms with van der Waals surface area (Å²) in [6.07, 6.45) is 2.74. The van der Waals surface area contributed by atoms with Gasteiger partial charge < -0.3 is 10.2 Å². The summed E-state index contributed by atoms with van der Waals surface area (Å²) in [6, 6.07) is 12.1. The number of amides is 2. The number of likely N-dealkylation sites (tertiary alicyclic amines) is 1. The van der Waals surface area contributed by atoms with Gasteiger partial charge in [-0.15, -0.1) is 0 Å². The molecular weight excluding hydrogens is 440 g/mol. The molecule has 4 rings (SSSR count). The van der Waals surface area contributed by atoms with Crippen LogP contribution in [0.4, 0.5) is 0 Å². The average molecular weight is 469 g/mol. The number of benzene rings is 2. The molecule has 2 amide bonds. The van der Waals surface area contributed by atoms with Crippen molar-refractivity contribution in [1.82, 2.24) is 10.2 Å². The number of hydrogen-bond donors (Lipinski definition) is 1. The SMILES string of the molecule is Cc1ccc(C(=O)C2CCN(C(=O)c3ccc(C4CCNC4=O)cc3S(C)(=O)=O)CC2)cc1. The average Bonchev–Trinajstić information content (AvgIpc) is 3.23. The smallest absolute Gasteiger partial charge is 0.255 e. The predicted molar refractivity (Wildman–Crippen MR) is 124 cm³/mol. The molecule has 2 saturated heterocycles. The second-order valence-electron chi connectivity index (χ2n) is 8.96. The maximum atomic E-state index is 13.2. The van der Waals surface area contributed by atoms with Gasteiger partial charge in [-0.25, -0.2) is 8.42 Å². The van der Waals surface area contributed by atoms with Gasteiger partial charge in [0.1, 0.15) is 0 Å². The van der Waals surface area contributed by atoms with E-state index in [1.54, 1.807) is 11.0 Å². The number of aryl methyl sites for hydroxylation is 1. The Morgan fingerprint density at radius 2 is 1.67 bits per heavy atom. The zero-order chi connectivity index (χ0) is 23.8. The van der Waals surface area contributed by atoms with Gasteiger partial charge in [0, 0.05) is 37.4 Å². The van der Waals surface area contributed by atoms with Gasteiger partial charge in [-0.3, -0.25) is 14.4 Å². The summed E-state index contributed by atoms with van der Waals surface area (Å²) in [5.41, 5.74) is 2.48. The molecule has 0 radical (unpaired) electrons. The van der Waals surface area contributed by atoms with Crippen molar-refractivity contribution >= 4 is 27.4 Å². The van der Waals surface area contributed by atoms with Crippen molar-refractivity contribution in [2.24, 2.45) is 5.92 Å². The quantitative estimate of drug-likeness (QED) is 0.680. The molecule has 33 heavy (non-hydrogen) atoms. The highest BCUT2D eigenvalue weighted by molar-refractivity contribution is 7.90. The Balaban J connectivity index is 1.51. The van der Waals surface area contributed by atoms with Crippen LogP contribution in [0.1, 0.15) is 57.0 Å². The molecule has 2 aromatic carbocycles. The Hall–Kier alpha value is -3.00. The van der Waals surface area contributed by atoms with E-state index in [0.29, 0.717) is 50.0 Å². The minimum Gasteiger partial charge on any atom is -0.356 e. The van der Waals surface area contributed by atoms with Crippen molar-refractivity contribution in [2.75, 3.05) is 25.9 Å². The van der Waals surface area contributed by atoms with E-state index in [-0.39, 0.29) is 34.0 Å². The van der Waals surface area contributed by atoms with E-state index in [0.717, 1.165) is 11.8 Å². The minimum atomic E-state index is -3.68. The molecular formula is C25H28N2O5S. The van der Waals surface area contributed by atoms with Crippen LogP contribution in [0.2, 0.25) is 0 Å². The second-order valence-corrected chi connectivity index (χ2v) is 10.9. The Labute approximate surface area is 194 Å². The molecule has 2 aliphatic heterocycles. The lowest BCUT2D eigenvalue weighted by molar-refractivity contribution is -0.120. The molecule has 1 N–H and O–H groups in total. The normalized spacial score (nSPS) is 19.4. The highest BCUT2D eigenvalue weighted by Gasteiger charge is 2.32. The monoisotopic (exact) mass is 468 g/mol. The molecule has 2 aromatic rings. The molecule has 1 unspecified atom stereocenters. The van der Waals surface area contributed by atoms with Crippen LogP contribution in [0.5, 0.6) is 0 Å². The largest absolute Gasteiger partial charge is 0.356 e. The maximum Gasteiger partial charge on any atom is 0.255 e. The first-order valence-electron chi connectivity index (χ1n) is 11.2. The van der Waals surface area contributed by atoms with Gasteiger partial charge >= 0.3 is 0 Å². The summed E-state index contributed by atoms with van der Waals surface area (Å²) in [5, 5.41) is 2.75. The van der Waals surface area contributed by atoms with Gasteiger partial charge in [0.2, 0.25) is 5.91 Å². The predicted octanol–water partition coefficient (Wildman–Crippen LogP) is 2.74. The number of carbonyl (C=O) groups is 3. The summed E-state index contributed by atoms with van der Waals surface area (Å²) < 4.78 is 25.0. The maximum absolute atomic E-state index is 13.2. The van der Waals surface area contributed by atoms with Crippen molar-refractivity contribution in [3.63, 3.8) is 0 Å². The summed E-state index contributed by atoms with van der Waals surface area (Å²) in [4.78, 5) is 39.7. The minimum absolute atomic E-state index is 0.0532. The fourth-order valence-corrected chi connectivity index (χ4v) is 5.52. The van der Waals surface area contributed by atoms with Crippen molar-refractivity contribution in [3.8, 4) is 0 Å². The zero-order valence-corrected chi connectivity index (χ0v) is 19.7. The Morgan fingerprint density at radius 1 is 1.00 bits per heavy atom. The molecule has 2 heterocycles. The third-order valence-electron chi connectivity index (χ3n) is 6.58. The number of ketones is 1. The molecule has 0 saturated carbocycles. The van der Waals surface area contributed by atoms with Gasteiger partial charge in [0.15, 0.2) is 15.6 Å². The van der Waals surface area contributed by atoms with Crippen LogP contribution in [-0.2, 0) is 14.6 Å². The highest BCUT2D eigenvalue weighted by Crippen LogP contribution is 2.30. The molecule has 0 aromatic heterocycles. The van der Waals surface area contributed by atoms with Crippen LogP contribution in [0.25, 0.3) is 0 Å². The van der Waals surface area contributed by atoms with Crippen molar-refractivity contribution in [2.45, 2.75) is 37.0 Å². The Morgan fingerprint density at radius 3 is 2.24 bits per heavy atom. The van der Waals surface area contributed by atoms with Crippen molar-refractivity contribution in [3.05, 3.63) is 64.7 Å². The third kappa shape index (κ3) is 4.85. The standard InChI is InChI=1S/C25H28N2O5S/c1-16-3-5-17(6-4-16)23(28)18-10-13-27(14-11-18)25(30)21-8-7-19(15-22(21)33(2,31)32)20-9-12-26-24(20)29/h3-8,15,18,20H,9-14H2,1-2H3,(H,26,29). The summed E-state index contributed by atoms with van der Waals surface area (Å²) in [5.74, 6) is -0.974. The van der Waals surface area contributed by atoms with Gasteiger partial charge in [0.05, 0.1) is 16.4 Å². The lowest BCUT2D eigenvalue weighted by Crippen LogP contribution is -2.40. The number of sulfone groups is 1. The number of piperidine rings is 1. The molecule has 0 aliphatic carbocycles. The molecule has 2 fully saturated rings.